The molecule has 0 fully saturated rings. The molecular formula is C16H19BFNO2. The summed E-state index contributed by atoms with van der Waals surface area (Å²) in [6, 6.07) is 10.3. The van der Waals surface area contributed by atoms with Crippen molar-refractivity contribution in [2.75, 3.05) is 11.9 Å². The van der Waals surface area contributed by atoms with Crippen molar-refractivity contribution in [2.45, 2.75) is 20.4 Å². The van der Waals surface area contributed by atoms with Gasteiger partial charge in [0, 0.05) is 19.3 Å². The van der Waals surface area contributed by atoms with Crippen LogP contribution >= 0.6 is 0 Å². The molecule has 0 amide bonds. The fraction of sp³-hybridized carbons (Fsp3) is 0.250. The number of hydrogen-bond acceptors (Lipinski definition) is 3. The van der Waals surface area contributed by atoms with Crippen molar-refractivity contribution in [1.29, 1.82) is 0 Å². The van der Waals surface area contributed by atoms with E-state index in [2.05, 4.69) is 6.07 Å². The topological polar surface area (TPSA) is 43.7 Å². The Labute approximate surface area is 124 Å². The summed E-state index contributed by atoms with van der Waals surface area (Å²) in [7, 11) is 0.267. The Morgan fingerprint density at radius 3 is 2.43 bits per heavy atom. The van der Waals surface area contributed by atoms with E-state index >= 15 is 0 Å². The van der Waals surface area contributed by atoms with Gasteiger partial charge in [-0.3, -0.25) is 0 Å². The normalized spacial score (nSPS) is 10.6. The van der Waals surface area contributed by atoms with Gasteiger partial charge in [-0.25, -0.2) is 4.39 Å². The van der Waals surface area contributed by atoms with Crippen LogP contribution in [0.4, 0.5) is 10.1 Å². The van der Waals surface area contributed by atoms with Gasteiger partial charge in [-0.05, 0) is 48.6 Å². The van der Waals surface area contributed by atoms with Gasteiger partial charge in [0.25, 0.3) is 0 Å². The molecule has 0 unspecified atom stereocenters. The van der Waals surface area contributed by atoms with E-state index in [1.54, 1.807) is 6.07 Å². The highest BCUT2D eigenvalue weighted by atomic mass is 19.1. The maximum Gasteiger partial charge on any atom is 0.488 e. The molecule has 0 heterocycles. The average Bonchev–Trinajstić information content (AvgIpc) is 2.37. The van der Waals surface area contributed by atoms with Crippen molar-refractivity contribution >= 4 is 18.3 Å². The summed E-state index contributed by atoms with van der Waals surface area (Å²) >= 11 is 0. The van der Waals surface area contributed by atoms with Gasteiger partial charge in [0.15, 0.2) is 0 Å². The molecule has 0 atom stereocenters. The van der Waals surface area contributed by atoms with Crippen LogP contribution < -0.4 is 10.4 Å². The van der Waals surface area contributed by atoms with E-state index < -0.39 is 12.9 Å². The zero-order chi connectivity index (χ0) is 15.6. The molecule has 0 bridgehead atoms. The second-order valence-corrected chi connectivity index (χ2v) is 5.41. The third-order valence-electron chi connectivity index (χ3n) is 3.46. The fourth-order valence-electron chi connectivity index (χ4n) is 2.51. The van der Waals surface area contributed by atoms with Crippen LogP contribution in [0.25, 0.3) is 0 Å². The third kappa shape index (κ3) is 3.83. The maximum atomic E-state index is 13.5. The monoisotopic (exact) mass is 287 g/mol. The summed E-state index contributed by atoms with van der Waals surface area (Å²) in [6.45, 7) is 4.56. The largest absolute Gasteiger partial charge is 0.488 e. The molecular weight excluding hydrogens is 268 g/mol. The highest BCUT2D eigenvalue weighted by Crippen LogP contribution is 2.21. The van der Waals surface area contributed by atoms with Crippen molar-refractivity contribution in [3.63, 3.8) is 0 Å². The molecule has 0 aromatic heterocycles. The third-order valence-corrected chi connectivity index (χ3v) is 3.46. The van der Waals surface area contributed by atoms with Gasteiger partial charge in [0.1, 0.15) is 5.82 Å². The number of hydrogen-bond donors (Lipinski definition) is 2. The minimum absolute atomic E-state index is 0.166. The van der Waals surface area contributed by atoms with E-state index in [1.807, 2.05) is 37.9 Å². The minimum atomic E-state index is -1.66. The molecule has 0 aliphatic carbocycles. The molecule has 21 heavy (non-hydrogen) atoms. The van der Waals surface area contributed by atoms with Gasteiger partial charge >= 0.3 is 7.12 Å². The van der Waals surface area contributed by atoms with Crippen LogP contribution in [0.3, 0.4) is 0 Å². The minimum Gasteiger partial charge on any atom is -0.423 e. The first kappa shape index (κ1) is 15.5. The molecule has 2 aromatic rings. The van der Waals surface area contributed by atoms with Crippen LogP contribution in [0, 0.1) is 19.7 Å². The van der Waals surface area contributed by atoms with Crippen molar-refractivity contribution in [1.82, 2.24) is 0 Å². The standard InChI is InChI=1S/C16H19BFNO2/c1-11-4-5-16(12(2)6-11)19(3)10-13-7-14(17(20)21)9-15(18)8-13/h4-9,20-21H,10H2,1-3H3. The second kappa shape index (κ2) is 6.29. The Bertz CT molecular complexity index is 646. The quantitative estimate of drug-likeness (QED) is 0.842. The fourth-order valence-corrected chi connectivity index (χ4v) is 2.51. The Balaban J connectivity index is 2.25. The summed E-state index contributed by atoms with van der Waals surface area (Å²) < 4.78 is 13.5. The zero-order valence-corrected chi connectivity index (χ0v) is 12.5. The number of aryl methyl sites for hydroxylation is 2. The molecule has 0 aliphatic rings. The van der Waals surface area contributed by atoms with E-state index in [0.29, 0.717) is 12.1 Å². The van der Waals surface area contributed by atoms with Gasteiger partial charge in [0.2, 0.25) is 0 Å². The lowest BCUT2D eigenvalue weighted by molar-refractivity contribution is 0.425. The van der Waals surface area contributed by atoms with Crippen molar-refractivity contribution in [2.24, 2.45) is 0 Å². The van der Waals surface area contributed by atoms with Crippen LogP contribution in [-0.2, 0) is 6.54 Å². The van der Waals surface area contributed by atoms with Crippen LogP contribution in [0.15, 0.2) is 36.4 Å². The summed E-state index contributed by atoms with van der Waals surface area (Å²) in [4.78, 5) is 2.01. The molecule has 0 saturated carbocycles. The molecule has 0 aliphatic heterocycles. The first-order valence-electron chi connectivity index (χ1n) is 6.80. The zero-order valence-electron chi connectivity index (χ0n) is 12.5. The predicted molar refractivity (Wildman–Crippen MR) is 84.2 cm³/mol. The van der Waals surface area contributed by atoms with E-state index in [9.17, 15) is 14.4 Å². The number of rotatable bonds is 4. The molecule has 110 valence electrons. The van der Waals surface area contributed by atoms with Gasteiger partial charge in [-0.1, -0.05) is 23.8 Å². The Kier molecular flexibility index (Phi) is 4.65. The highest BCUT2D eigenvalue weighted by molar-refractivity contribution is 6.58. The van der Waals surface area contributed by atoms with E-state index in [-0.39, 0.29) is 5.46 Å². The Morgan fingerprint density at radius 2 is 1.81 bits per heavy atom. The number of nitrogens with zero attached hydrogens (tertiary/aromatic N) is 1. The Morgan fingerprint density at radius 1 is 1.10 bits per heavy atom. The molecule has 2 rings (SSSR count). The van der Waals surface area contributed by atoms with E-state index in [4.69, 9.17) is 0 Å². The molecule has 2 N–H and O–H groups in total. The first-order valence-corrected chi connectivity index (χ1v) is 6.80. The SMILES string of the molecule is Cc1ccc(N(C)Cc2cc(F)cc(B(O)O)c2)c(C)c1. The maximum absolute atomic E-state index is 13.5. The van der Waals surface area contributed by atoms with E-state index in [1.165, 1.54) is 11.6 Å². The van der Waals surface area contributed by atoms with Crippen molar-refractivity contribution in [3.8, 4) is 0 Å². The molecule has 5 heteroatoms. The molecule has 0 spiro atoms. The predicted octanol–water partition coefficient (Wildman–Crippen LogP) is 1.76. The van der Waals surface area contributed by atoms with E-state index in [0.717, 1.165) is 17.3 Å². The smallest absolute Gasteiger partial charge is 0.423 e. The summed E-state index contributed by atoms with van der Waals surface area (Å²) in [5, 5.41) is 18.3. The van der Waals surface area contributed by atoms with Gasteiger partial charge in [-0.15, -0.1) is 0 Å². The van der Waals surface area contributed by atoms with Crippen LogP contribution in [0.2, 0.25) is 0 Å². The summed E-state index contributed by atoms with van der Waals surface area (Å²) in [5.74, 6) is -0.468. The van der Waals surface area contributed by atoms with Gasteiger partial charge in [0.05, 0.1) is 0 Å². The molecule has 3 nitrogen and oxygen atoms in total. The molecule has 0 saturated heterocycles. The second-order valence-electron chi connectivity index (χ2n) is 5.41. The molecule has 0 radical (unpaired) electrons. The van der Waals surface area contributed by atoms with Crippen molar-refractivity contribution in [3.05, 3.63) is 58.9 Å². The van der Waals surface area contributed by atoms with Crippen LogP contribution in [-0.4, -0.2) is 24.2 Å². The van der Waals surface area contributed by atoms with Crippen LogP contribution in [0.5, 0.6) is 0 Å². The first-order chi connectivity index (χ1) is 9.86. The summed E-state index contributed by atoms with van der Waals surface area (Å²) in [6.07, 6.45) is 0. The lowest BCUT2D eigenvalue weighted by atomic mass is 9.79. The number of anilines is 1. The summed E-state index contributed by atoms with van der Waals surface area (Å²) in [5.41, 5.74) is 4.27. The average molecular weight is 287 g/mol. The van der Waals surface area contributed by atoms with Crippen LogP contribution in [0.1, 0.15) is 16.7 Å². The van der Waals surface area contributed by atoms with Crippen molar-refractivity contribution < 1.29 is 14.4 Å². The van der Waals surface area contributed by atoms with Gasteiger partial charge < -0.3 is 14.9 Å². The number of benzene rings is 2. The Hall–Kier alpha value is -1.85. The highest BCUT2D eigenvalue weighted by Gasteiger charge is 2.14. The lowest BCUT2D eigenvalue weighted by Crippen LogP contribution is -2.31. The number of halogens is 1. The lowest BCUT2D eigenvalue weighted by Gasteiger charge is -2.22. The van der Waals surface area contributed by atoms with Gasteiger partial charge in [-0.2, -0.15) is 0 Å². The molecule has 2 aromatic carbocycles.